The molecule has 6 aromatic carbocycles. The van der Waals surface area contributed by atoms with Gasteiger partial charge in [0.2, 0.25) is 0 Å². The first kappa shape index (κ1) is 34.1. The van der Waals surface area contributed by atoms with E-state index in [0.717, 1.165) is 22.3 Å². The van der Waals surface area contributed by atoms with E-state index in [1.165, 1.54) is 36.4 Å². The molecule has 6 rings (SSSR count). The lowest BCUT2D eigenvalue weighted by Gasteiger charge is -2.14. The van der Waals surface area contributed by atoms with Gasteiger partial charge in [-0.3, -0.25) is 0 Å². The van der Waals surface area contributed by atoms with Gasteiger partial charge in [-0.2, -0.15) is 0 Å². The van der Waals surface area contributed by atoms with Crippen LogP contribution >= 0.6 is 0 Å². The highest BCUT2D eigenvalue weighted by atomic mass is 19.1. The van der Waals surface area contributed by atoms with E-state index in [9.17, 15) is 23.5 Å². The molecule has 2 N–H and O–H groups in total. The summed E-state index contributed by atoms with van der Waals surface area (Å²) >= 11 is 0. The van der Waals surface area contributed by atoms with E-state index in [4.69, 9.17) is 14.6 Å². The fourth-order valence-corrected chi connectivity index (χ4v) is 5.40. The molecule has 246 valence electrons. The van der Waals surface area contributed by atoms with E-state index in [2.05, 4.69) is 0 Å². The number of carboxylic acids is 1. The van der Waals surface area contributed by atoms with Gasteiger partial charge in [0.05, 0.1) is 24.8 Å². The Kier molecular flexibility index (Phi) is 10.8. The van der Waals surface area contributed by atoms with Crippen molar-refractivity contribution in [3.8, 4) is 56.0 Å². The molecule has 0 aliphatic carbocycles. The largest absolute Gasteiger partial charge is 0.507 e. The Labute approximate surface area is 282 Å². The molecule has 0 bridgehead atoms. The Morgan fingerprint density at radius 3 is 1.67 bits per heavy atom. The number of hydrogen-bond acceptors (Lipinski definition) is 5. The van der Waals surface area contributed by atoms with E-state index >= 15 is 0 Å². The molecule has 0 atom stereocenters. The van der Waals surface area contributed by atoms with Crippen LogP contribution in [0.4, 0.5) is 8.78 Å². The van der Waals surface area contributed by atoms with Crippen LogP contribution in [0.15, 0.2) is 133 Å². The first-order valence-corrected chi connectivity index (χ1v) is 15.3. The van der Waals surface area contributed by atoms with Crippen molar-refractivity contribution in [1.82, 2.24) is 0 Å². The number of aromatic hydroxyl groups is 1. The topological polar surface area (TPSA) is 93.1 Å². The van der Waals surface area contributed by atoms with Crippen molar-refractivity contribution in [1.29, 1.82) is 0 Å². The van der Waals surface area contributed by atoms with Crippen molar-refractivity contribution < 1.29 is 38.1 Å². The number of benzene rings is 6. The minimum atomic E-state index is -1.02. The third-order valence-electron chi connectivity index (χ3n) is 7.66. The van der Waals surface area contributed by atoms with Crippen LogP contribution in [0.5, 0.6) is 11.5 Å². The van der Waals surface area contributed by atoms with Crippen molar-refractivity contribution in [2.75, 3.05) is 13.7 Å². The average Bonchev–Trinajstić information content (AvgIpc) is 3.13. The van der Waals surface area contributed by atoms with Gasteiger partial charge in [0.25, 0.3) is 0 Å². The summed E-state index contributed by atoms with van der Waals surface area (Å²) in [6.07, 6.45) is 0. The van der Waals surface area contributed by atoms with Crippen LogP contribution in [0, 0.1) is 11.6 Å². The van der Waals surface area contributed by atoms with Gasteiger partial charge in [0.1, 0.15) is 23.1 Å². The van der Waals surface area contributed by atoms with Crippen molar-refractivity contribution in [2.24, 2.45) is 0 Å². The van der Waals surface area contributed by atoms with Gasteiger partial charge in [-0.15, -0.1) is 0 Å². The van der Waals surface area contributed by atoms with Gasteiger partial charge in [-0.1, -0.05) is 72.8 Å². The highest BCUT2D eigenvalue weighted by molar-refractivity contribution is 5.94. The van der Waals surface area contributed by atoms with E-state index in [-0.39, 0.29) is 23.1 Å². The summed E-state index contributed by atoms with van der Waals surface area (Å²) in [5.74, 6) is -1.62. The number of carboxylic acid groups (broad SMARTS) is 1. The molecular weight excluding hydrogens is 626 g/mol. The number of carbonyl (C=O) groups excluding carboxylic acids is 1. The smallest absolute Gasteiger partial charge is 0.338 e. The monoisotopic (exact) mass is 658 g/mol. The Morgan fingerprint density at radius 1 is 0.592 bits per heavy atom. The molecule has 0 amide bonds. The zero-order chi connectivity index (χ0) is 34.9. The van der Waals surface area contributed by atoms with Crippen LogP contribution in [-0.4, -0.2) is 35.9 Å². The van der Waals surface area contributed by atoms with Crippen molar-refractivity contribution in [2.45, 2.75) is 6.92 Å². The molecule has 6 nitrogen and oxygen atoms in total. The van der Waals surface area contributed by atoms with Gasteiger partial charge in [0, 0.05) is 11.1 Å². The SMILES string of the molecule is CCOC(=O)c1cccc(-c2ccccc2-c2cc(F)ccc2OC)c1.O=C(O)c1cccc(-c2ccccc2-c2cc(F)ccc2O)c1. The quantitative estimate of drug-likeness (QED) is 0.158. The predicted octanol–water partition coefficient (Wildman–Crippen LogP) is 9.91. The van der Waals surface area contributed by atoms with Gasteiger partial charge >= 0.3 is 11.9 Å². The number of hydrogen-bond donors (Lipinski definition) is 2. The zero-order valence-corrected chi connectivity index (χ0v) is 26.7. The minimum absolute atomic E-state index is 0.0340. The van der Waals surface area contributed by atoms with E-state index < -0.39 is 11.8 Å². The normalized spacial score (nSPS) is 10.4. The van der Waals surface area contributed by atoms with Crippen LogP contribution < -0.4 is 4.74 Å². The molecule has 0 saturated carbocycles. The number of methoxy groups -OCH3 is 1. The van der Waals surface area contributed by atoms with Crippen LogP contribution in [0.1, 0.15) is 27.6 Å². The van der Waals surface area contributed by atoms with E-state index in [1.54, 1.807) is 74.7 Å². The van der Waals surface area contributed by atoms with Crippen molar-refractivity contribution in [3.63, 3.8) is 0 Å². The maximum atomic E-state index is 13.8. The number of halogens is 2. The Hall–Kier alpha value is -6.28. The van der Waals surface area contributed by atoms with Gasteiger partial charge < -0.3 is 19.7 Å². The zero-order valence-electron chi connectivity index (χ0n) is 26.7. The predicted molar refractivity (Wildman–Crippen MR) is 186 cm³/mol. The molecule has 0 aliphatic heterocycles. The fraction of sp³-hybridized carbons (Fsp3) is 0.0732. The first-order valence-electron chi connectivity index (χ1n) is 15.3. The first-order chi connectivity index (χ1) is 23.7. The Morgan fingerprint density at radius 2 is 1.10 bits per heavy atom. The molecule has 0 radical (unpaired) electrons. The molecule has 0 aromatic heterocycles. The van der Waals surface area contributed by atoms with E-state index in [1.807, 2.05) is 36.4 Å². The molecule has 0 heterocycles. The third kappa shape index (κ3) is 8.00. The average molecular weight is 659 g/mol. The van der Waals surface area contributed by atoms with Crippen LogP contribution in [-0.2, 0) is 4.74 Å². The summed E-state index contributed by atoms with van der Waals surface area (Å²) in [7, 11) is 1.56. The van der Waals surface area contributed by atoms with Gasteiger partial charge in [-0.25, -0.2) is 18.4 Å². The molecule has 0 unspecified atom stereocenters. The lowest BCUT2D eigenvalue weighted by molar-refractivity contribution is 0.0525. The summed E-state index contributed by atoms with van der Waals surface area (Å²) in [5, 5.41) is 19.2. The van der Waals surface area contributed by atoms with Crippen LogP contribution in [0.25, 0.3) is 44.5 Å². The second-order valence-electron chi connectivity index (χ2n) is 10.8. The molecule has 49 heavy (non-hydrogen) atoms. The van der Waals surface area contributed by atoms with Crippen LogP contribution in [0.2, 0.25) is 0 Å². The second-order valence-corrected chi connectivity index (χ2v) is 10.8. The number of esters is 1. The molecule has 0 spiro atoms. The molecule has 0 saturated heterocycles. The number of phenols is 1. The number of phenolic OH excluding ortho intramolecular Hbond substituents is 1. The Bertz CT molecular complexity index is 2120. The van der Waals surface area contributed by atoms with E-state index in [0.29, 0.717) is 40.2 Å². The molecular formula is C41H32F2O6. The highest BCUT2D eigenvalue weighted by Gasteiger charge is 2.15. The summed E-state index contributed by atoms with van der Waals surface area (Å²) in [6.45, 7) is 2.09. The summed E-state index contributed by atoms with van der Waals surface area (Å²) in [5.41, 5.74) is 6.25. The molecule has 0 aliphatic rings. The van der Waals surface area contributed by atoms with Gasteiger partial charge in [0.15, 0.2) is 0 Å². The molecule has 8 heteroatoms. The maximum absolute atomic E-state index is 13.8. The minimum Gasteiger partial charge on any atom is -0.507 e. The number of aromatic carboxylic acids is 1. The second kappa shape index (κ2) is 15.5. The third-order valence-corrected chi connectivity index (χ3v) is 7.66. The molecule has 0 fully saturated rings. The summed E-state index contributed by atoms with van der Waals surface area (Å²) < 4.78 is 37.9. The van der Waals surface area contributed by atoms with Gasteiger partial charge in [-0.05, 0) is 101 Å². The fourth-order valence-electron chi connectivity index (χ4n) is 5.40. The van der Waals surface area contributed by atoms with Crippen LogP contribution in [0.3, 0.4) is 0 Å². The standard InChI is InChI=1S/C22H19FO3.C19H13FO3/c1-3-26-22(24)16-8-6-7-15(13-16)18-9-4-5-10-19(18)20-14-17(23)11-12-21(20)25-2;20-14-8-9-18(21)17(11-14)16-7-2-1-6-15(16)12-4-3-5-13(10-12)19(22)23/h4-14H,3H2,1-2H3;1-11,21H,(H,22,23). The van der Waals surface area contributed by atoms with Crippen molar-refractivity contribution in [3.05, 3.63) is 156 Å². The molecule has 6 aromatic rings. The maximum Gasteiger partial charge on any atom is 0.338 e. The lowest BCUT2D eigenvalue weighted by Crippen LogP contribution is -2.04. The van der Waals surface area contributed by atoms with Crippen molar-refractivity contribution >= 4 is 11.9 Å². The highest BCUT2D eigenvalue weighted by Crippen LogP contribution is 2.39. The Balaban J connectivity index is 0.000000192. The number of rotatable bonds is 8. The lowest BCUT2D eigenvalue weighted by atomic mass is 9.93. The summed E-state index contributed by atoms with van der Waals surface area (Å²) in [6, 6.07) is 36.7. The summed E-state index contributed by atoms with van der Waals surface area (Å²) in [4.78, 5) is 23.2. The number of ether oxygens (including phenoxy) is 2. The number of carbonyl (C=O) groups is 2.